The standard InChI is InChI=1S/C13H27NO/c1-3-9-14-10-12-7-5-4-6-8-13(12)11-15-2/h12-14H,3-11H2,1-2H3. The maximum absolute atomic E-state index is 5.35. The van der Waals surface area contributed by atoms with Crippen LogP contribution in [0, 0.1) is 11.8 Å². The molecule has 1 N–H and O–H groups in total. The molecule has 0 aliphatic heterocycles. The van der Waals surface area contributed by atoms with Gasteiger partial charge in [-0.05, 0) is 44.2 Å². The molecule has 0 spiro atoms. The van der Waals surface area contributed by atoms with Crippen molar-refractivity contribution in [3.05, 3.63) is 0 Å². The molecular formula is C13H27NO. The molecule has 1 rings (SSSR count). The minimum absolute atomic E-state index is 0.793. The van der Waals surface area contributed by atoms with Crippen molar-refractivity contribution in [2.45, 2.75) is 45.4 Å². The van der Waals surface area contributed by atoms with Gasteiger partial charge in [0.05, 0.1) is 0 Å². The van der Waals surface area contributed by atoms with E-state index in [-0.39, 0.29) is 0 Å². The molecule has 15 heavy (non-hydrogen) atoms. The average molecular weight is 213 g/mol. The smallest absolute Gasteiger partial charge is 0.0493 e. The lowest BCUT2D eigenvalue weighted by Gasteiger charge is -2.24. The zero-order valence-electron chi connectivity index (χ0n) is 10.4. The van der Waals surface area contributed by atoms with E-state index in [9.17, 15) is 0 Å². The Hall–Kier alpha value is -0.0800. The molecule has 1 aliphatic carbocycles. The molecule has 2 unspecified atom stereocenters. The van der Waals surface area contributed by atoms with Crippen molar-refractivity contribution in [3.63, 3.8) is 0 Å². The van der Waals surface area contributed by atoms with Gasteiger partial charge in [0, 0.05) is 13.7 Å². The van der Waals surface area contributed by atoms with Crippen LogP contribution in [0.1, 0.15) is 45.4 Å². The monoisotopic (exact) mass is 213 g/mol. The highest BCUT2D eigenvalue weighted by Crippen LogP contribution is 2.28. The quantitative estimate of drug-likeness (QED) is 0.541. The normalized spacial score (nSPS) is 27.6. The van der Waals surface area contributed by atoms with Crippen LogP contribution in [0.5, 0.6) is 0 Å². The molecule has 1 saturated carbocycles. The first kappa shape index (κ1) is 13.0. The van der Waals surface area contributed by atoms with E-state index in [1.54, 1.807) is 0 Å². The topological polar surface area (TPSA) is 21.3 Å². The molecule has 1 aliphatic rings. The second-order valence-electron chi connectivity index (χ2n) is 4.82. The fourth-order valence-corrected chi connectivity index (χ4v) is 2.63. The van der Waals surface area contributed by atoms with E-state index in [1.807, 2.05) is 7.11 Å². The van der Waals surface area contributed by atoms with E-state index in [0.717, 1.165) is 25.0 Å². The van der Waals surface area contributed by atoms with Gasteiger partial charge in [0.2, 0.25) is 0 Å². The Morgan fingerprint density at radius 3 is 2.53 bits per heavy atom. The lowest BCUT2D eigenvalue weighted by atomic mass is 9.88. The van der Waals surface area contributed by atoms with Gasteiger partial charge in [-0.1, -0.05) is 26.2 Å². The number of ether oxygens (including phenoxy) is 1. The van der Waals surface area contributed by atoms with Gasteiger partial charge in [0.1, 0.15) is 0 Å². The molecule has 2 atom stereocenters. The van der Waals surface area contributed by atoms with Crippen molar-refractivity contribution >= 4 is 0 Å². The summed E-state index contributed by atoms with van der Waals surface area (Å²) >= 11 is 0. The van der Waals surface area contributed by atoms with Crippen molar-refractivity contribution < 1.29 is 4.74 Å². The molecule has 0 aromatic heterocycles. The van der Waals surface area contributed by atoms with E-state index in [4.69, 9.17) is 4.74 Å². The number of methoxy groups -OCH3 is 1. The maximum atomic E-state index is 5.35. The summed E-state index contributed by atoms with van der Waals surface area (Å²) in [6.45, 7) is 5.54. The summed E-state index contributed by atoms with van der Waals surface area (Å²) in [7, 11) is 1.83. The molecule has 2 nitrogen and oxygen atoms in total. The third kappa shape index (κ3) is 4.98. The Morgan fingerprint density at radius 2 is 1.87 bits per heavy atom. The largest absolute Gasteiger partial charge is 0.384 e. The summed E-state index contributed by atoms with van der Waals surface area (Å²) in [6.07, 6.45) is 8.24. The minimum Gasteiger partial charge on any atom is -0.384 e. The molecule has 0 saturated heterocycles. The van der Waals surface area contributed by atoms with E-state index < -0.39 is 0 Å². The molecule has 0 aromatic rings. The molecule has 90 valence electrons. The molecule has 2 heteroatoms. The molecule has 0 amide bonds. The van der Waals surface area contributed by atoms with Crippen LogP contribution in [0.3, 0.4) is 0 Å². The summed E-state index contributed by atoms with van der Waals surface area (Å²) in [6, 6.07) is 0. The fourth-order valence-electron chi connectivity index (χ4n) is 2.63. The van der Waals surface area contributed by atoms with E-state index in [2.05, 4.69) is 12.2 Å². The Balaban J connectivity index is 2.32. The van der Waals surface area contributed by atoms with Gasteiger partial charge >= 0.3 is 0 Å². The van der Waals surface area contributed by atoms with Crippen LogP contribution in [0.2, 0.25) is 0 Å². The van der Waals surface area contributed by atoms with Crippen molar-refractivity contribution in [2.75, 3.05) is 26.8 Å². The Bertz CT molecular complexity index is 149. The number of hydrogen-bond donors (Lipinski definition) is 1. The lowest BCUT2D eigenvalue weighted by Crippen LogP contribution is -2.30. The molecular weight excluding hydrogens is 186 g/mol. The maximum Gasteiger partial charge on any atom is 0.0493 e. The molecule has 1 fully saturated rings. The van der Waals surface area contributed by atoms with Crippen LogP contribution in [0.25, 0.3) is 0 Å². The van der Waals surface area contributed by atoms with Crippen LogP contribution in [0.15, 0.2) is 0 Å². The Morgan fingerprint density at radius 1 is 1.13 bits per heavy atom. The van der Waals surface area contributed by atoms with Crippen LogP contribution in [-0.4, -0.2) is 26.8 Å². The fraction of sp³-hybridized carbons (Fsp3) is 1.00. The first-order valence-electron chi connectivity index (χ1n) is 6.58. The summed E-state index contributed by atoms with van der Waals surface area (Å²) in [5, 5.41) is 3.57. The summed E-state index contributed by atoms with van der Waals surface area (Å²) in [5.41, 5.74) is 0. The van der Waals surface area contributed by atoms with Gasteiger partial charge in [-0.15, -0.1) is 0 Å². The van der Waals surface area contributed by atoms with Crippen molar-refractivity contribution in [2.24, 2.45) is 11.8 Å². The van der Waals surface area contributed by atoms with E-state index in [0.29, 0.717) is 0 Å². The Kier molecular flexibility index (Phi) is 7.03. The summed E-state index contributed by atoms with van der Waals surface area (Å²) in [5.74, 6) is 1.64. The van der Waals surface area contributed by atoms with E-state index in [1.165, 1.54) is 45.1 Å². The predicted molar refractivity (Wildman–Crippen MR) is 65.1 cm³/mol. The third-order valence-corrected chi connectivity index (χ3v) is 3.53. The van der Waals surface area contributed by atoms with Crippen molar-refractivity contribution in [1.82, 2.24) is 5.32 Å². The van der Waals surface area contributed by atoms with Gasteiger partial charge in [0.15, 0.2) is 0 Å². The molecule has 0 aromatic carbocycles. The number of hydrogen-bond acceptors (Lipinski definition) is 2. The minimum atomic E-state index is 0.793. The number of rotatable bonds is 6. The van der Waals surface area contributed by atoms with Gasteiger partial charge in [-0.2, -0.15) is 0 Å². The van der Waals surface area contributed by atoms with E-state index >= 15 is 0 Å². The zero-order chi connectivity index (χ0) is 10.9. The van der Waals surface area contributed by atoms with Gasteiger partial charge < -0.3 is 10.1 Å². The lowest BCUT2D eigenvalue weighted by molar-refractivity contribution is 0.114. The van der Waals surface area contributed by atoms with Crippen LogP contribution in [-0.2, 0) is 4.74 Å². The van der Waals surface area contributed by atoms with Gasteiger partial charge in [-0.3, -0.25) is 0 Å². The predicted octanol–water partition coefficient (Wildman–Crippen LogP) is 2.83. The average Bonchev–Trinajstić information content (AvgIpc) is 2.45. The highest BCUT2D eigenvalue weighted by Gasteiger charge is 2.22. The van der Waals surface area contributed by atoms with Crippen LogP contribution >= 0.6 is 0 Å². The highest BCUT2D eigenvalue weighted by atomic mass is 16.5. The summed E-state index contributed by atoms with van der Waals surface area (Å²) < 4.78 is 5.35. The van der Waals surface area contributed by atoms with Crippen LogP contribution < -0.4 is 5.32 Å². The summed E-state index contributed by atoms with van der Waals surface area (Å²) in [4.78, 5) is 0. The molecule has 0 heterocycles. The third-order valence-electron chi connectivity index (χ3n) is 3.53. The first-order chi connectivity index (χ1) is 7.38. The van der Waals surface area contributed by atoms with Crippen LogP contribution in [0.4, 0.5) is 0 Å². The number of nitrogens with one attached hydrogen (secondary N) is 1. The van der Waals surface area contributed by atoms with Gasteiger partial charge in [0.25, 0.3) is 0 Å². The second kappa shape index (κ2) is 8.12. The zero-order valence-corrected chi connectivity index (χ0v) is 10.4. The second-order valence-corrected chi connectivity index (χ2v) is 4.82. The highest BCUT2D eigenvalue weighted by molar-refractivity contribution is 4.75. The van der Waals surface area contributed by atoms with Crippen molar-refractivity contribution in [3.8, 4) is 0 Å². The molecule has 0 bridgehead atoms. The Labute approximate surface area is 94.8 Å². The van der Waals surface area contributed by atoms with Crippen molar-refractivity contribution in [1.29, 1.82) is 0 Å². The SMILES string of the molecule is CCCNCC1CCCCCC1COC. The molecule has 0 radical (unpaired) electrons. The van der Waals surface area contributed by atoms with Gasteiger partial charge in [-0.25, -0.2) is 0 Å². The first-order valence-corrected chi connectivity index (χ1v) is 6.58.